The molecule has 4 heterocycles. The van der Waals surface area contributed by atoms with E-state index in [9.17, 15) is 0 Å². The van der Waals surface area contributed by atoms with Crippen LogP contribution < -0.4 is 10.6 Å². The minimum absolute atomic E-state index is 0.459. The lowest BCUT2D eigenvalue weighted by Gasteiger charge is -2.24. The van der Waals surface area contributed by atoms with Crippen LogP contribution >= 0.6 is 0 Å². The van der Waals surface area contributed by atoms with E-state index in [1.165, 1.54) is 12.8 Å². The van der Waals surface area contributed by atoms with Crippen LogP contribution in [0.25, 0.3) is 17.0 Å². The molecule has 2 fully saturated rings. The van der Waals surface area contributed by atoms with Gasteiger partial charge >= 0.3 is 0 Å². The summed E-state index contributed by atoms with van der Waals surface area (Å²) in [5.41, 5.74) is 2.72. The van der Waals surface area contributed by atoms with Crippen molar-refractivity contribution in [3.63, 3.8) is 0 Å². The highest BCUT2D eigenvalue weighted by molar-refractivity contribution is 5.60. The Morgan fingerprint density at radius 2 is 2.17 bits per heavy atom. The summed E-state index contributed by atoms with van der Waals surface area (Å²) in [6.45, 7) is 1.16. The molecular weight excluding hydrogens is 288 g/mol. The van der Waals surface area contributed by atoms with E-state index in [1.807, 2.05) is 35.0 Å². The van der Waals surface area contributed by atoms with Crippen LogP contribution in [0.1, 0.15) is 12.8 Å². The number of hydrogen-bond donors (Lipinski definition) is 2. The molecule has 2 aliphatic rings. The second-order valence-corrected chi connectivity index (χ2v) is 6.46. The number of anilines is 1. The summed E-state index contributed by atoms with van der Waals surface area (Å²) in [5, 5.41) is 7.12. The van der Waals surface area contributed by atoms with Crippen LogP contribution in [0.3, 0.4) is 0 Å². The van der Waals surface area contributed by atoms with Gasteiger partial charge in [-0.25, -0.2) is 9.97 Å². The molecule has 1 aliphatic carbocycles. The molecule has 3 aromatic heterocycles. The minimum atomic E-state index is 0.459. The first kappa shape index (κ1) is 13.0. The molecule has 5 rings (SSSR count). The van der Waals surface area contributed by atoms with Crippen LogP contribution in [-0.2, 0) is 0 Å². The summed E-state index contributed by atoms with van der Waals surface area (Å²) in [6, 6.07) is 6.99. The molecule has 2 N–H and O–H groups in total. The van der Waals surface area contributed by atoms with E-state index in [0.717, 1.165) is 35.3 Å². The number of pyridine rings is 1. The van der Waals surface area contributed by atoms with E-state index in [1.54, 1.807) is 12.4 Å². The summed E-state index contributed by atoms with van der Waals surface area (Å²) in [7, 11) is 0. The molecule has 3 aromatic rings. The molecule has 2 bridgehead atoms. The Morgan fingerprint density at radius 3 is 3.04 bits per heavy atom. The molecule has 0 radical (unpaired) electrons. The Hall–Kier alpha value is -2.47. The Morgan fingerprint density at radius 1 is 1.17 bits per heavy atom. The Kier molecular flexibility index (Phi) is 2.84. The van der Waals surface area contributed by atoms with Gasteiger partial charge in [0.2, 0.25) is 0 Å². The normalized spacial score (nSPS) is 26.0. The lowest BCUT2D eigenvalue weighted by Crippen LogP contribution is -2.41. The molecule has 6 nitrogen and oxygen atoms in total. The largest absolute Gasteiger partial charge is 0.364 e. The number of rotatable bonds is 3. The molecule has 1 saturated carbocycles. The fourth-order valence-corrected chi connectivity index (χ4v) is 3.88. The topological polar surface area (TPSA) is 67.1 Å². The summed E-state index contributed by atoms with van der Waals surface area (Å²) in [6.07, 6.45) is 9.94. The SMILES string of the molecule is c1ccn2c(-c3cncc(N[C@@H]4C[C@H]5CN[C@@H]4C5)n3)cnc2c1. The first-order valence-corrected chi connectivity index (χ1v) is 8.11. The van der Waals surface area contributed by atoms with Crippen LogP contribution in [0.4, 0.5) is 5.82 Å². The number of aromatic nitrogens is 4. The van der Waals surface area contributed by atoms with Crippen molar-refractivity contribution in [2.24, 2.45) is 5.92 Å². The summed E-state index contributed by atoms with van der Waals surface area (Å²) in [4.78, 5) is 13.5. The summed E-state index contributed by atoms with van der Waals surface area (Å²) in [5.74, 6) is 1.65. The van der Waals surface area contributed by atoms with E-state index >= 15 is 0 Å². The monoisotopic (exact) mass is 306 g/mol. The van der Waals surface area contributed by atoms with Gasteiger partial charge in [-0.15, -0.1) is 0 Å². The number of fused-ring (bicyclic) bond motifs is 3. The zero-order valence-electron chi connectivity index (χ0n) is 12.7. The number of nitrogens with zero attached hydrogens (tertiary/aromatic N) is 4. The van der Waals surface area contributed by atoms with Crippen molar-refractivity contribution in [3.8, 4) is 11.4 Å². The summed E-state index contributed by atoms with van der Waals surface area (Å²) >= 11 is 0. The number of hydrogen-bond acceptors (Lipinski definition) is 5. The third kappa shape index (κ3) is 2.17. The lowest BCUT2D eigenvalue weighted by molar-refractivity contribution is 0.465. The fourth-order valence-electron chi connectivity index (χ4n) is 3.88. The highest BCUT2D eigenvalue weighted by Crippen LogP contribution is 2.33. The molecule has 0 unspecified atom stereocenters. The van der Waals surface area contributed by atoms with Crippen molar-refractivity contribution in [2.45, 2.75) is 24.9 Å². The van der Waals surface area contributed by atoms with Gasteiger partial charge < -0.3 is 10.6 Å². The quantitative estimate of drug-likeness (QED) is 0.774. The lowest BCUT2D eigenvalue weighted by atomic mass is 10.1. The molecular formula is C17H18N6. The van der Waals surface area contributed by atoms with Gasteiger partial charge in [0.1, 0.15) is 17.2 Å². The van der Waals surface area contributed by atoms with Crippen molar-refractivity contribution >= 4 is 11.5 Å². The first-order chi connectivity index (χ1) is 11.4. The van der Waals surface area contributed by atoms with Crippen LogP contribution in [0, 0.1) is 5.92 Å². The summed E-state index contributed by atoms with van der Waals surface area (Å²) < 4.78 is 2.03. The maximum atomic E-state index is 4.75. The van der Waals surface area contributed by atoms with Crippen LogP contribution in [0.5, 0.6) is 0 Å². The zero-order chi connectivity index (χ0) is 15.2. The van der Waals surface area contributed by atoms with E-state index < -0.39 is 0 Å². The molecule has 0 amide bonds. The van der Waals surface area contributed by atoms with Crippen molar-refractivity contribution < 1.29 is 0 Å². The van der Waals surface area contributed by atoms with Gasteiger partial charge in [-0.05, 0) is 37.4 Å². The van der Waals surface area contributed by atoms with Crippen molar-refractivity contribution in [3.05, 3.63) is 43.0 Å². The molecule has 1 saturated heterocycles. The average molecular weight is 306 g/mol. The molecule has 3 atom stereocenters. The van der Waals surface area contributed by atoms with Gasteiger partial charge in [0, 0.05) is 18.3 Å². The molecule has 0 spiro atoms. The standard InChI is InChI=1S/C17H18N6/c1-2-4-23-15(9-20-17(23)3-1)14-8-18-10-16(22-14)21-13-6-11-5-12(13)19-7-11/h1-4,8-13,19H,5-7H2,(H,21,22)/t11-,12+,13+/m0/s1. The minimum Gasteiger partial charge on any atom is -0.364 e. The number of nitrogens with one attached hydrogen (secondary N) is 2. The maximum Gasteiger partial charge on any atom is 0.145 e. The predicted octanol–water partition coefficient (Wildman–Crippen LogP) is 1.95. The second-order valence-electron chi connectivity index (χ2n) is 6.46. The van der Waals surface area contributed by atoms with Crippen LogP contribution in [0.2, 0.25) is 0 Å². The first-order valence-electron chi connectivity index (χ1n) is 8.11. The predicted molar refractivity (Wildman–Crippen MR) is 88.1 cm³/mol. The smallest absolute Gasteiger partial charge is 0.145 e. The number of piperidine rings is 1. The Balaban J connectivity index is 1.46. The average Bonchev–Trinajstić information content (AvgIpc) is 3.30. The third-order valence-electron chi connectivity index (χ3n) is 4.98. The third-order valence-corrected chi connectivity index (χ3v) is 4.98. The van der Waals surface area contributed by atoms with Gasteiger partial charge in [0.25, 0.3) is 0 Å². The zero-order valence-corrected chi connectivity index (χ0v) is 12.7. The van der Waals surface area contributed by atoms with Gasteiger partial charge in [0.05, 0.1) is 24.3 Å². The number of imidazole rings is 1. The van der Waals surface area contributed by atoms with Crippen molar-refractivity contribution in [1.29, 1.82) is 0 Å². The molecule has 1 aliphatic heterocycles. The van der Waals surface area contributed by atoms with E-state index in [2.05, 4.69) is 20.6 Å². The Labute approximate surface area is 134 Å². The van der Waals surface area contributed by atoms with Crippen LogP contribution in [0.15, 0.2) is 43.0 Å². The van der Waals surface area contributed by atoms with E-state index in [0.29, 0.717) is 12.1 Å². The van der Waals surface area contributed by atoms with Gasteiger partial charge in [-0.2, -0.15) is 0 Å². The van der Waals surface area contributed by atoms with Gasteiger partial charge in [-0.3, -0.25) is 9.38 Å². The van der Waals surface area contributed by atoms with E-state index in [4.69, 9.17) is 4.98 Å². The maximum absolute atomic E-state index is 4.75. The van der Waals surface area contributed by atoms with Gasteiger partial charge in [0.15, 0.2) is 0 Å². The van der Waals surface area contributed by atoms with Crippen LogP contribution in [-0.4, -0.2) is 38.0 Å². The molecule has 0 aromatic carbocycles. The molecule has 116 valence electrons. The fraction of sp³-hybridized carbons (Fsp3) is 0.353. The highest BCUT2D eigenvalue weighted by Gasteiger charge is 2.39. The van der Waals surface area contributed by atoms with E-state index in [-0.39, 0.29) is 0 Å². The second kappa shape index (κ2) is 5.03. The van der Waals surface area contributed by atoms with Crippen molar-refractivity contribution in [2.75, 3.05) is 11.9 Å². The van der Waals surface area contributed by atoms with Gasteiger partial charge in [-0.1, -0.05) is 6.07 Å². The van der Waals surface area contributed by atoms with Crippen molar-refractivity contribution in [1.82, 2.24) is 24.7 Å². The highest BCUT2D eigenvalue weighted by atomic mass is 15.1. The Bertz CT molecular complexity index is 857. The molecule has 6 heteroatoms. The molecule has 23 heavy (non-hydrogen) atoms.